The molecule has 0 aromatic carbocycles. The topological polar surface area (TPSA) is 167 Å². The molecule has 7 aliphatic heterocycles. The Balaban J connectivity index is 1.25. The van der Waals surface area contributed by atoms with E-state index in [1.54, 1.807) is 13.8 Å². The van der Waals surface area contributed by atoms with Crippen molar-refractivity contribution in [2.24, 2.45) is 35.0 Å². The number of hydrogen-bond donors (Lipinski definition) is 3. The smallest absolute Gasteiger partial charge is 0.311 e. The lowest BCUT2D eigenvalue weighted by Gasteiger charge is -2.61. The summed E-state index contributed by atoms with van der Waals surface area (Å²) in [5.41, 5.74) is -6.40. The molecule has 0 unspecified atom stereocenters. The summed E-state index contributed by atoms with van der Waals surface area (Å²) < 4.78 is 38.7. The maximum Gasteiger partial charge on any atom is 0.311 e. The standard InChI is InChI=1S/C29H36O12/c1-11-18-19(36-21(11)32)17-20-24(3,22(33)25(17,4)34)15-8-26-9-27-12(23(2,10-30)37-14(27)7-16(31)39-27)5-6-13(26)28(35,38-15)29(20,40-18)41-26/h11-15,17-20,30,34-35H,5-10H2,1-4H3/t11-,12-,13-,14+,15+,17+,18+,19+,20-,23-,24-,25+,26-,27+,28-,29-/m0/s1. The van der Waals surface area contributed by atoms with Crippen LogP contribution in [0.1, 0.15) is 59.8 Å². The summed E-state index contributed by atoms with van der Waals surface area (Å²) in [6, 6.07) is 0. The molecule has 7 saturated heterocycles. The molecule has 3 N–H and O–H groups in total. The Labute approximate surface area is 235 Å². The molecule has 7 heterocycles. The number of Topliss-reactive ketones (excluding diaryl/α,β-unsaturated/α-hetero) is 1. The van der Waals surface area contributed by atoms with Crippen LogP contribution in [-0.4, -0.2) is 98.0 Å². The number of esters is 2. The van der Waals surface area contributed by atoms with Crippen molar-refractivity contribution in [2.75, 3.05) is 6.61 Å². The second-order valence-electron chi connectivity index (χ2n) is 14.9. The van der Waals surface area contributed by atoms with E-state index in [1.165, 1.54) is 6.92 Å². The van der Waals surface area contributed by atoms with Crippen LogP contribution in [0.5, 0.6) is 0 Å². The summed E-state index contributed by atoms with van der Waals surface area (Å²) in [5.74, 6) is -8.72. The van der Waals surface area contributed by atoms with Gasteiger partial charge in [-0.25, -0.2) is 0 Å². The number of carbonyl (C=O) groups excluding carboxylic acids is 3. The van der Waals surface area contributed by atoms with Crippen LogP contribution in [0.2, 0.25) is 0 Å². The molecule has 12 nitrogen and oxygen atoms in total. The summed E-state index contributed by atoms with van der Waals surface area (Å²) in [6.45, 7) is 6.42. The number of carbonyl (C=O) groups is 3. The van der Waals surface area contributed by atoms with E-state index < -0.39 is 105 Å². The molecule has 0 radical (unpaired) electrons. The molecule has 9 fully saturated rings. The van der Waals surface area contributed by atoms with Crippen molar-refractivity contribution in [3.8, 4) is 0 Å². The average Bonchev–Trinajstić information content (AvgIpc) is 3.44. The third-order valence-electron chi connectivity index (χ3n) is 13.2. The molecular formula is C29H36O12. The number of fused-ring (bicyclic) bond motifs is 4. The Morgan fingerprint density at radius 2 is 1.68 bits per heavy atom. The zero-order valence-electron chi connectivity index (χ0n) is 23.5. The molecule has 9 rings (SSSR count). The molecule has 41 heavy (non-hydrogen) atoms. The summed E-state index contributed by atoms with van der Waals surface area (Å²) in [5, 5.41) is 35.0. The molecule has 2 aliphatic carbocycles. The maximum atomic E-state index is 14.2. The van der Waals surface area contributed by atoms with Gasteiger partial charge in [0.1, 0.15) is 29.5 Å². The summed E-state index contributed by atoms with van der Waals surface area (Å²) >= 11 is 0. The van der Waals surface area contributed by atoms with E-state index in [9.17, 15) is 29.7 Å². The molecule has 224 valence electrons. The lowest BCUT2D eigenvalue weighted by atomic mass is 9.55. The van der Waals surface area contributed by atoms with Crippen LogP contribution >= 0.6 is 0 Å². The van der Waals surface area contributed by atoms with Crippen LogP contribution in [0.15, 0.2) is 0 Å². The molecular weight excluding hydrogens is 540 g/mol. The monoisotopic (exact) mass is 576 g/mol. The van der Waals surface area contributed by atoms with Crippen LogP contribution in [0.3, 0.4) is 0 Å². The van der Waals surface area contributed by atoms with E-state index >= 15 is 0 Å². The normalized spacial score (nSPS) is 66.1. The summed E-state index contributed by atoms with van der Waals surface area (Å²) in [6.07, 6.45) is -1.97. The highest BCUT2D eigenvalue weighted by atomic mass is 16.8. The third-order valence-corrected chi connectivity index (χ3v) is 13.2. The van der Waals surface area contributed by atoms with Crippen molar-refractivity contribution in [2.45, 2.75) is 118 Å². The maximum absolute atomic E-state index is 14.2. The average molecular weight is 577 g/mol. The number of ketones is 1. The Bertz CT molecular complexity index is 1330. The number of aliphatic hydroxyl groups is 3. The zero-order chi connectivity index (χ0) is 28.9. The predicted molar refractivity (Wildman–Crippen MR) is 130 cm³/mol. The molecule has 3 bridgehead atoms. The van der Waals surface area contributed by atoms with Crippen molar-refractivity contribution >= 4 is 17.7 Å². The van der Waals surface area contributed by atoms with Crippen LogP contribution in [0.25, 0.3) is 0 Å². The van der Waals surface area contributed by atoms with Gasteiger partial charge in [0, 0.05) is 36.5 Å². The molecule has 12 heteroatoms. The van der Waals surface area contributed by atoms with Gasteiger partial charge in [0.25, 0.3) is 0 Å². The second kappa shape index (κ2) is 6.85. The minimum Gasteiger partial charge on any atom is -0.459 e. The number of aliphatic hydroxyl groups excluding tert-OH is 1. The zero-order valence-corrected chi connectivity index (χ0v) is 23.5. The Hall–Kier alpha value is -1.67. The fourth-order valence-corrected chi connectivity index (χ4v) is 11.6. The van der Waals surface area contributed by atoms with Gasteiger partial charge in [0.05, 0.1) is 41.7 Å². The summed E-state index contributed by atoms with van der Waals surface area (Å²) in [7, 11) is 0. The van der Waals surface area contributed by atoms with Gasteiger partial charge in [-0.05, 0) is 40.5 Å². The van der Waals surface area contributed by atoms with Gasteiger partial charge in [0.15, 0.2) is 5.78 Å². The van der Waals surface area contributed by atoms with Gasteiger partial charge in [0.2, 0.25) is 11.6 Å². The van der Waals surface area contributed by atoms with E-state index in [0.29, 0.717) is 12.8 Å². The highest BCUT2D eigenvalue weighted by molar-refractivity contribution is 5.96. The fourth-order valence-electron chi connectivity index (χ4n) is 11.6. The largest absolute Gasteiger partial charge is 0.459 e. The number of hydrogen-bond acceptors (Lipinski definition) is 12. The van der Waals surface area contributed by atoms with Crippen molar-refractivity contribution in [1.82, 2.24) is 0 Å². The van der Waals surface area contributed by atoms with E-state index in [-0.39, 0.29) is 31.8 Å². The predicted octanol–water partition coefficient (Wildman–Crippen LogP) is -0.273. The minimum absolute atomic E-state index is 0.0448. The third kappa shape index (κ3) is 2.36. The van der Waals surface area contributed by atoms with Gasteiger partial charge in [-0.15, -0.1) is 0 Å². The fraction of sp³-hybridized carbons (Fsp3) is 0.897. The highest BCUT2D eigenvalue weighted by Gasteiger charge is 2.93. The van der Waals surface area contributed by atoms with Crippen LogP contribution in [0, 0.1) is 35.0 Å². The molecule has 0 aromatic rings. The Kier molecular flexibility index (Phi) is 4.31. The van der Waals surface area contributed by atoms with Gasteiger partial charge in [-0.1, -0.05) is 0 Å². The lowest BCUT2D eigenvalue weighted by Crippen LogP contribution is -2.77. The minimum atomic E-state index is -2.01. The van der Waals surface area contributed by atoms with Gasteiger partial charge in [-0.3, -0.25) is 14.4 Å². The van der Waals surface area contributed by atoms with Crippen molar-refractivity contribution < 1.29 is 58.1 Å². The van der Waals surface area contributed by atoms with Crippen molar-refractivity contribution in [3.05, 3.63) is 0 Å². The van der Waals surface area contributed by atoms with E-state index in [4.69, 9.17) is 28.4 Å². The number of rotatable bonds is 1. The SMILES string of the molecule is C[C@@H]1C(=O)O[C@H]2[C@@H]1O[C@@]13O[C@]45C[C@@H](O[C@@]1(O)[C@H]4CC[C@@H]1[C@@]4(C5)OC(=O)C[C@H]4O[C@@]1(C)CO)[C@]1(C)C(=O)[C@](C)(O)[C@H]2[C@@H]13. The molecule has 0 amide bonds. The van der Waals surface area contributed by atoms with Crippen LogP contribution < -0.4 is 0 Å². The number of ether oxygens (including phenoxy) is 6. The Morgan fingerprint density at radius 3 is 2.41 bits per heavy atom. The molecule has 2 saturated carbocycles. The second-order valence-corrected chi connectivity index (χ2v) is 14.9. The van der Waals surface area contributed by atoms with Gasteiger partial charge >= 0.3 is 11.9 Å². The molecule has 0 aromatic heterocycles. The highest BCUT2D eigenvalue weighted by Crippen LogP contribution is 2.78. The molecule has 9 aliphatic rings. The molecule has 2 spiro atoms. The Morgan fingerprint density at radius 1 is 0.951 bits per heavy atom. The first-order chi connectivity index (χ1) is 19.1. The van der Waals surface area contributed by atoms with Crippen LogP contribution in [0.4, 0.5) is 0 Å². The van der Waals surface area contributed by atoms with E-state index in [1.807, 2.05) is 6.92 Å². The first kappa shape index (κ1) is 25.8. The van der Waals surface area contributed by atoms with Gasteiger partial charge in [-0.2, -0.15) is 0 Å². The van der Waals surface area contributed by atoms with E-state index in [0.717, 1.165) is 0 Å². The van der Waals surface area contributed by atoms with Crippen molar-refractivity contribution in [1.29, 1.82) is 0 Å². The molecule has 16 atom stereocenters. The first-order valence-corrected chi connectivity index (χ1v) is 14.9. The summed E-state index contributed by atoms with van der Waals surface area (Å²) in [4.78, 5) is 39.8. The van der Waals surface area contributed by atoms with Gasteiger partial charge < -0.3 is 43.7 Å². The van der Waals surface area contributed by atoms with E-state index in [2.05, 4.69) is 0 Å². The van der Waals surface area contributed by atoms with Crippen molar-refractivity contribution in [3.63, 3.8) is 0 Å². The lowest BCUT2D eigenvalue weighted by molar-refractivity contribution is -0.462. The first-order valence-electron chi connectivity index (χ1n) is 14.9. The van der Waals surface area contributed by atoms with Crippen LogP contribution in [-0.2, 0) is 42.8 Å². The quantitative estimate of drug-likeness (QED) is 0.350.